The Morgan fingerprint density at radius 1 is 1.10 bits per heavy atom. The third kappa shape index (κ3) is 3.86. The van der Waals surface area contributed by atoms with Crippen LogP contribution in [0.1, 0.15) is 5.69 Å². The summed E-state index contributed by atoms with van der Waals surface area (Å²) in [5.74, 6) is 0.465. The van der Waals surface area contributed by atoms with E-state index in [1.54, 1.807) is 30.3 Å². The van der Waals surface area contributed by atoms with Crippen LogP contribution in [0.15, 0.2) is 65.5 Å². The van der Waals surface area contributed by atoms with E-state index in [-0.39, 0.29) is 6.54 Å². The zero-order chi connectivity index (χ0) is 21.1. The van der Waals surface area contributed by atoms with Crippen molar-refractivity contribution < 1.29 is 9.53 Å². The lowest BCUT2D eigenvalue weighted by Crippen LogP contribution is -2.29. The van der Waals surface area contributed by atoms with Crippen molar-refractivity contribution in [3.05, 3.63) is 76.8 Å². The van der Waals surface area contributed by atoms with Gasteiger partial charge >= 0.3 is 5.69 Å². The first-order chi connectivity index (χ1) is 14.5. The van der Waals surface area contributed by atoms with Crippen molar-refractivity contribution in [3.63, 3.8) is 0 Å². The number of nitrogens with one attached hydrogen (secondary N) is 2. The van der Waals surface area contributed by atoms with Gasteiger partial charge in [-0.15, -0.1) is 5.10 Å². The van der Waals surface area contributed by atoms with Gasteiger partial charge in [0.1, 0.15) is 12.3 Å². The number of aromatic nitrogens is 4. The van der Waals surface area contributed by atoms with Crippen molar-refractivity contribution in [2.24, 2.45) is 0 Å². The van der Waals surface area contributed by atoms with E-state index in [1.165, 1.54) is 11.5 Å². The van der Waals surface area contributed by atoms with Gasteiger partial charge in [-0.2, -0.15) is 0 Å². The molecule has 152 valence electrons. The zero-order valence-electron chi connectivity index (χ0n) is 16.5. The third-order valence-corrected chi connectivity index (χ3v) is 4.40. The fourth-order valence-corrected chi connectivity index (χ4v) is 3.06. The predicted molar refractivity (Wildman–Crippen MR) is 113 cm³/mol. The minimum absolute atomic E-state index is 0.248. The Bertz CT molecular complexity index is 1260. The highest BCUT2D eigenvalue weighted by Gasteiger charge is 2.16. The van der Waals surface area contributed by atoms with Gasteiger partial charge in [0, 0.05) is 17.4 Å². The Balaban J connectivity index is 1.64. The number of carbonyl (C=O) groups excluding carboxylic acids is 1. The first kappa shape index (κ1) is 19.2. The Morgan fingerprint density at radius 3 is 2.60 bits per heavy atom. The minimum Gasteiger partial charge on any atom is -0.495 e. The molecule has 9 heteroatoms. The number of hydrogen-bond donors (Lipinski definition) is 2. The van der Waals surface area contributed by atoms with Crippen molar-refractivity contribution in [1.82, 2.24) is 19.2 Å². The summed E-state index contributed by atoms with van der Waals surface area (Å²) < 4.78 is 7.69. The van der Waals surface area contributed by atoms with Gasteiger partial charge in [-0.25, -0.2) is 18.9 Å². The molecule has 9 nitrogen and oxygen atoms in total. The first-order valence-electron chi connectivity index (χ1n) is 9.27. The molecule has 0 aliphatic heterocycles. The fourth-order valence-electron chi connectivity index (χ4n) is 3.06. The number of benzene rings is 2. The van der Waals surface area contributed by atoms with Gasteiger partial charge in [-0.3, -0.25) is 4.79 Å². The number of para-hydroxylation sites is 3. The molecule has 0 bridgehead atoms. The van der Waals surface area contributed by atoms with Crippen LogP contribution in [-0.2, 0) is 11.3 Å². The van der Waals surface area contributed by atoms with Crippen LogP contribution in [0.4, 0.5) is 17.3 Å². The van der Waals surface area contributed by atoms with Crippen molar-refractivity contribution in [2.75, 3.05) is 17.7 Å². The molecule has 0 fully saturated rings. The molecular weight excluding hydrogens is 384 g/mol. The largest absolute Gasteiger partial charge is 0.495 e. The van der Waals surface area contributed by atoms with E-state index in [2.05, 4.69) is 20.7 Å². The number of methoxy groups -OCH3 is 1. The van der Waals surface area contributed by atoms with Gasteiger partial charge in [0.15, 0.2) is 5.65 Å². The van der Waals surface area contributed by atoms with E-state index in [4.69, 9.17) is 4.74 Å². The molecule has 30 heavy (non-hydrogen) atoms. The lowest BCUT2D eigenvalue weighted by Gasteiger charge is -2.09. The number of ether oxygens (including phenoxy) is 1. The highest BCUT2D eigenvalue weighted by Crippen LogP contribution is 2.23. The topological polar surface area (TPSA) is 103 Å². The van der Waals surface area contributed by atoms with Gasteiger partial charge in [0.05, 0.1) is 12.8 Å². The number of hydrogen-bond acceptors (Lipinski definition) is 6. The number of rotatable bonds is 6. The summed E-state index contributed by atoms with van der Waals surface area (Å²) in [4.78, 5) is 29.9. The summed E-state index contributed by atoms with van der Waals surface area (Å²) in [6.07, 6.45) is 0. The normalized spacial score (nSPS) is 10.7. The number of fused-ring (bicyclic) bond motifs is 1. The third-order valence-electron chi connectivity index (χ3n) is 4.40. The maximum atomic E-state index is 12.9. The van der Waals surface area contributed by atoms with Crippen LogP contribution in [0.5, 0.6) is 5.75 Å². The van der Waals surface area contributed by atoms with E-state index in [9.17, 15) is 9.59 Å². The van der Waals surface area contributed by atoms with E-state index >= 15 is 0 Å². The van der Waals surface area contributed by atoms with Crippen LogP contribution in [0.3, 0.4) is 0 Å². The van der Waals surface area contributed by atoms with E-state index in [1.807, 2.05) is 37.3 Å². The Labute approximate surface area is 171 Å². The van der Waals surface area contributed by atoms with Gasteiger partial charge in [0.2, 0.25) is 11.9 Å². The lowest BCUT2D eigenvalue weighted by atomic mass is 10.3. The molecule has 0 spiro atoms. The summed E-state index contributed by atoms with van der Waals surface area (Å²) in [5, 5.41) is 10.2. The van der Waals surface area contributed by atoms with Crippen LogP contribution in [0.25, 0.3) is 5.65 Å². The van der Waals surface area contributed by atoms with Crippen LogP contribution in [0, 0.1) is 6.92 Å². The smallest absolute Gasteiger partial charge is 0.353 e. The van der Waals surface area contributed by atoms with Crippen LogP contribution in [0.2, 0.25) is 0 Å². The number of anilines is 3. The number of carbonyl (C=O) groups is 1. The molecule has 0 aliphatic rings. The Kier molecular flexibility index (Phi) is 5.17. The molecule has 2 aromatic heterocycles. The molecule has 0 saturated carbocycles. The molecule has 4 rings (SSSR count). The highest BCUT2D eigenvalue weighted by molar-refractivity contribution is 5.92. The van der Waals surface area contributed by atoms with Gasteiger partial charge in [-0.1, -0.05) is 30.3 Å². The molecule has 0 saturated heterocycles. The summed E-state index contributed by atoms with van der Waals surface area (Å²) in [6.45, 7) is 1.57. The SMILES string of the molecule is COc1ccccc1NC(=O)Cn1nc2cc(C)nc(Nc3ccccc3)n2c1=O. The second-order valence-electron chi connectivity index (χ2n) is 6.59. The van der Waals surface area contributed by atoms with Crippen LogP contribution < -0.4 is 21.1 Å². The first-order valence-corrected chi connectivity index (χ1v) is 9.27. The standard InChI is InChI=1S/C21H20N6O3/c1-14-12-18-25-26(13-19(28)24-16-10-6-7-11-17(16)30-2)21(29)27(18)20(22-14)23-15-8-4-3-5-9-15/h3-12H,13H2,1-2H3,(H,22,23)(H,24,28). The molecule has 2 N–H and O–H groups in total. The average molecular weight is 404 g/mol. The summed E-state index contributed by atoms with van der Waals surface area (Å²) >= 11 is 0. The maximum absolute atomic E-state index is 12.9. The van der Waals surface area contributed by atoms with E-state index < -0.39 is 11.6 Å². The van der Waals surface area contributed by atoms with E-state index in [0.717, 1.165) is 10.4 Å². The van der Waals surface area contributed by atoms with Gasteiger partial charge in [-0.05, 0) is 31.2 Å². The molecule has 0 aliphatic carbocycles. The molecule has 0 unspecified atom stereocenters. The predicted octanol–water partition coefficient (Wildman–Crippen LogP) is 2.59. The molecule has 0 atom stereocenters. The summed E-state index contributed by atoms with van der Waals surface area (Å²) in [6, 6.07) is 18.1. The number of nitrogens with zero attached hydrogens (tertiary/aromatic N) is 4. The molecule has 1 amide bonds. The van der Waals surface area contributed by atoms with Crippen LogP contribution >= 0.6 is 0 Å². The quantitative estimate of drug-likeness (QED) is 0.512. The van der Waals surface area contributed by atoms with Gasteiger partial charge in [0.25, 0.3) is 0 Å². The lowest BCUT2D eigenvalue weighted by molar-refractivity contribution is -0.117. The fraction of sp³-hybridized carbons (Fsp3) is 0.143. The van der Waals surface area contributed by atoms with Crippen LogP contribution in [-0.4, -0.2) is 32.2 Å². The van der Waals surface area contributed by atoms with Crippen molar-refractivity contribution in [3.8, 4) is 5.75 Å². The Morgan fingerprint density at radius 2 is 1.83 bits per heavy atom. The summed E-state index contributed by atoms with van der Waals surface area (Å²) in [5.41, 5.74) is 1.93. The zero-order valence-corrected chi connectivity index (χ0v) is 16.5. The molecule has 2 heterocycles. The maximum Gasteiger partial charge on any atom is 0.353 e. The molecule has 2 aromatic carbocycles. The van der Waals surface area contributed by atoms with Crippen molar-refractivity contribution in [2.45, 2.75) is 13.5 Å². The second kappa shape index (κ2) is 8.08. The Hall–Kier alpha value is -4.14. The average Bonchev–Trinajstić information content (AvgIpc) is 3.04. The molecule has 0 radical (unpaired) electrons. The highest BCUT2D eigenvalue weighted by atomic mass is 16.5. The monoisotopic (exact) mass is 404 g/mol. The molecular formula is C21H20N6O3. The molecule has 4 aromatic rings. The van der Waals surface area contributed by atoms with Crippen molar-refractivity contribution >= 4 is 28.9 Å². The summed E-state index contributed by atoms with van der Waals surface area (Å²) in [7, 11) is 1.52. The van der Waals surface area contributed by atoms with Crippen molar-refractivity contribution in [1.29, 1.82) is 0 Å². The second-order valence-corrected chi connectivity index (χ2v) is 6.59. The minimum atomic E-state index is -0.467. The van der Waals surface area contributed by atoms with Gasteiger partial charge < -0.3 is 15.4 Å². The van der Waals surface area contributed by atoms with E-state index in [0.29, 0.717) is 28.7 Å². The number of aryl methyl sites for hydroxylation is 1. The number of amides is 1.